The van der Waals surface area contributed by atoms with Gasteiger partial charge in [0.05, 0.1) is 0 Å². The molecule has 0 rings (SSSR count). The van der Waals surface area contributed by atoms with Crippen molar-refractivity contribution >= 4 is 18.5 Å². The Balaban J connectivity index is 3.18. The Kier molecular flexibility index (Phi) is 4.62. The molecule has 0 aliphatic rings. The Morgan fingerprint density at radius 1 is 1.56 bits per heavy atom. The van der Waals surface area contributed by atoms with Gasteiger partial charge in [-0.15, -0.1) is 11.8 Å². The van der Waals surface area contributed by atoms with Gasteiger partial charge in [0, 0.05) is 6.61 Å². The van der Waals surface area contributed by atoms with Crippen LogP contribution in [0.3, 0.4) is 0 Å². The summed E-state index contributed by atoms with van der Waals surface area (Å²) in [7, 11) is 0. The first-order valence-electron chi connectivity index (χ1n) is 2.73. The molecule has 0 aliphatic heterocycles. The molecular formula is C4H9O3PS-2. The molecule has 0 spiro atoms. The topological polar surface area (TPSA) is 55.3 Å². The molecular weight excluding hydrogens is 159 g/mol. The van der Waals surface area contributed by atoms with Gasteiger partial charge in [0.15, 0.2) is 0 Å². The van der Waals surface area contributed by atoms with Crippen molar-refractivity contribution in [3.05, 3.63) is 0 Å². The molecule has 9 heavy (non-hydrogen) atoms. The first-order chi connectivity index (χ1) is 4.06. The van der Waals surface area contributed by atoms with E-state index in [2.05, 4.69) is 16.3 Å². The molecule has 0 heterocycles. The molecule has 0 aliphatic carbocycles. The summed E-state index contributed by atoms with van der Waals surface area (Å²) in [5.41, 5.74) is 0. The monoisotopic (exact) mass is 168 g/mol. The summed E-state index contributed by atoms with van der Waals surface area (Å²) in [6, 6.07) is 0. The highest BCUT2D eigenvalue weighted by Gasteiger charge is 1.84. The highest BCUT2D eigenvalue weighted by atomic mass is 32.5. The zero-order valence-electron chi connectivity index (χ0n) is 5.20. The van der Waals surface area contributed by atoms with Gasteiger partial charge in [-0.05, 0) is 6.42 Å². The van der Waals surface area contributed by atoms with Crippen LogP contribution in [0.25, 0.3) is 0 Å². The molecule has 0 aromatic heterocycles. The fourth-order valence-corrected chi connectivity index (χ4v) is 0.897. The highest BCUT2D eigenvalue weighted by Crippen LogP contribution is 2.24. The van der Waals surface area contributed by atoms with Gasteiger partial charge < -0.3 is 14.3 Å². The van der Waals surface area contributed by atoms with E-state index < -0.39 is 6.72 Å². The summed E-state index contributed by atoms with van der Waals surface area (Å²) >= 11 is 3.98. The molecule has 0 fully saturated rings. The summed E-state index contributed by atoms with van der Waals surface area (Å²) in [6.45, 7) is -1.69. The maximum absolute atomic E-state index is 10.1. The highest BCUT2D eigenvalue weighted by molar-refractivity contribution is 8.05. The quantitative estimate of drug-likeness (QED) is 0.429. The van der Waals surface area contributed by atoms with Crippen molar-refractivity contribution in [2.24, 2.45) is 0 Å². The van der Waals surface area contributed by atoms with E-state index >= 15 is 0 Å². The van der Waals surface area contributed by atoms with Crippen LogP contribution in [0.15, 0.2) is 0 Å². The Hall–Kier alpha value is 0.530. The first-order valence-corrected chi connectivity index (χ1v) is 5.28. The minimum Gasteiger partial charge on any atom is -0.812 e. The summed E-state index contributed by atoms with van der Waals surface area (Å²) in [5, 5.41) is 0. The average Bonchev–Trinajstić information content (AvgIpc) is 1.63. The van der Waals surface area contributed by atoms with E-state index in [-0.39, 0.29) is 6.61 Å². The van der Waals surface area contributed by atoms with Crippen molar-refractivity contribution < 1.29 is 14.3 Å². The predicted molar refractivity (Wildman–Crippen MR) is 35.1 cm³/mol. The Morgan fingerprint density at radius 2 is 2.11 bits per heavy atom. The standard InChI is InChI=1S/C4H11O3PS/c1-2-3-4-7-8(5,6)9/h2-4H2,1H3,(H2,5,6,9)/p-2. The molecule has 0 aromatic rings. The van der Waals surface area contributed by atoms with E-state index in [0.717, 1.165) is 12.8 Å². The third-order valence-corrected chi connectivity index (χ3v) is 1.56. The average molecular weight is 168 g/mol. The Labute approximate surface area is 59.9 Å². The third-order valence-electron chi connectivity index (χ3n) is 0.747. The van der Waals surface area contributed by atoms with Gasteiger partial charge in [0.2, 0.25) is 0 Å². The van der Waals surface area contributed by atoms with Crippen molar-refractivity contribution in [2.45, 2.75) is 19.8 Å². The third kappa shape index (κ3) is 8.53. The second kappa shape index (κ2) is 4.36. The zero-order chi connectivity index (χ0) is 7.33. The summed E-state index contributed by atoms with van der Waals surface area (Å²) in [4.78, 5) is 20.3. The smallest absolute Gasteiger partial charge is 0.0486 e. The minimum atomic E-state index is -3.86. The van der Waals surface area contributed by atoms with Crippen LogP contribution in [0.1, 0.15) is 19.8 Å². The molecule has 0 unspecified atom stereocenters. The summed E-state index contributed by atoms with van der Waals surface area (Å²) < 4.78 is 4.28. The number of hydrogen-bond acceptors (Lipinski definition) is 4. The summed E-state index contributed by atoms with van der Waals surface area (Å²) in [5.74, 6) is 0. The van der Waals surface area contributed by atoms with Gasteiger partial charge in [-0.2, -0.15) is 0 Å². The molecule has 0 aromatic carbocycles. The second-order valence-electron chi connectivity index (χ2n) is 1.63. The Bertz CT molecular complexity index is 110. The number of unbranched alkanes of at least 4 members (excludes halogenated alkanes) is 1. The number of rotatable bonds is 4. The SMILES string of the molecule is CCCCOP([O-])([O-])=S. The first kappa shape index (κ1) is 9.53. The van der Waals surface area contributed by atoms with Crippen LogP contribution in [0.5, 0.6) is 0 Å². The largest absolute Gasteiger partial charge is 0.812 e. The summed E-state index contributed by atoms with van der Waals surface area (Å²) in [6.07, 6.45) is 1.65. The fraction of sp³-hybridized carbons (Fsp3) is 1.00. The fourth-order valence-electron chi connectivity index (χ4n) is 0.321. The molecule has 0 bridgehead atoms. The lowest BCUT2D eigenvalue weighted by Crippen LogP contribution is -2.16. The van der Waals surface area contributed by atoms with Crippen LogP contribution in [-0.2, 0) is 16.3 Å². The van der Waals surface area contributed by atoms with Crippen LogP contribution in [-0.4, -0.2) is 6.61 Å². The van der Waals surface area contributed by atoms with Gasteiger partial charge >= 0.3 is 0 Å². The van der Waals surface area contributed by atoms with Crippen LogP contribution in [0.2, 0.25) is 0 Å². The van der Waals surface area contributed by atoms with Crippen LogP contribution >= 0.6 is 6.72 Å². The Morgan fingerprint density at radius 3 is 2.44 bits per heavy atom. The molecule has 0 radical (unpaired) electrons. The lowest BCUT2D eigenvalue weighted by atomic mass is 10.4. The normalized spacial score (nSPS) is 11.9. The molecule has 0 saturated heterocycles. The van der Waals surface area contributed by atoms with E-state index in [0.29, 0.717) is 0 Å². The van der Waals surface area contributed by atoms with E-state index in [9.17, 15) is 9.79 Å². The lowest BCUT2D eigenvalue weighted by molar-refractivity contribution is -0.321. The zero-order valence-corrected chi connectivity index (χ0v) is 6.91. The molecule has 0 N–H and O–H groups in total. The van der Waals surface area contributed by atoms with Gasteiger partial charge in [-0.25, -0.2) is 0 Å². The van der Waals surface area contributed by atoms with E-state index in [1.807, 2.05) is 6.92 Å². The van der Waals surface area contributed by atoms with Crippen LogP contribution < -0.4 is 9.79 Å². The van der Waals surface area contributed by atoms with E-state index in [4.69, 9.17) is 0 Å². The van der Waals surface area contributed by atoms with E-state index in [1.165, 1.54) is 0 Å². The van der Waals surface area contributed by atoms with Gasteiger partial charge in [-0.3, -0.25) is 0 Å². The molecule has 56 valence electrons. The number of hydrogen-bond donors (Lipinski definition) is 0. The molecule has 3 nitrogen and oxygen atoms in total. The van der Waals surface area contributed by atoms with Crippen LogP contribution in [0.4, 0.5) is 0 Å². The maximum atomic E-state index is 10.1. The van der Waals surface area contributed by atoms with Gasteiger partial charge in [0.1, 0.15) is 0 Å². The van der Waals surface area contributed by atoms with Crippen molar-refractivity contribution in [2.75, 3.05) is 6.61 Å². The second-order valence-corrected chi connectivity index (χ2v) is 4.13. The van der Waals surface area contributed by atoms with E-state index in [1.54, 1.807) is 0 Å². The molecule has 0 saturated carbocycles. The van der Waals surface area contributed by atoms with Crippen molar-refractivity contribution in [1.82, 2.24) is 0 Å². The van der Waals surface area contributed by atoms with Gasteiger partial charge in [-0.1, -0.05) is 20.1 Å². The van der Waals surface area contributed by atoms with Crippen molar-refractivity contribution in [1.29, 1.82) is 0 Å². The van der Waals surface area contributed by atoms with Crippen molar-refractivity contribution in [3.8, 4) is 0 Å². The molecule has 0 atom stereocenters. The predicted octanol–water partition coefficient (Wildman–Crippen LogP) is -0.252. The minimum absolute atomic E-state index is 0.223. The van der Waals surface area contributed by atoms with Gasteiger partial charge in [0.25, 0.3) is 0 Å². The maximum Gasteiger partial charge on any atom is 0.0486 e. The molecule has 5 heteroatoms. The molecule has 0 amide bonds. The van der Waals surface area contributed by atoms with Crippen LogP contribution in [0, 0.1) is 0 Å². The lowest BCUT2D eigenvalue weighted by Gasteiger charge is -2.33. The van der Waals surface area contributed by atoms with Crippen molar-refractivity contribution in [3.63, 3.8) is 0 Å².